The Morgan fingerprint density at radius 2 is 2.17 bits per heavy atom. The summed E-state index contributed by atoms with van der Waals surface area (Å²) in [5.41, 5.74) is 5.57. The summed E-state index contributed by atoms with van der Waals surface area (Å²) in [6.07, 6.45) is 5.59. The summed E-state index contributed by atoms with van der Waals surface area (Å²) in [6, 6.07) is 0. The van der Waals surface area contributed by atoms with E-state index in [1.807, 2.05) is 25.6 Å². The Bertz CT molecular complexity index is 322. The number of hydrogen-bond donors (Lipinski definition) is 3. The van der Waals surface area contributed by atoms with Gasteiger partial charge in [0.05, 0.1) is 0 Å². The van der Waals surface area contributed by atoms with E-state index >= 15 is 0 Å². The van der Waals surface area contributed by atoms with Crippen LogP contribution in [0.25, 0.3) is 0 Å². The van der Waals surface area contributed by atoms with Crippen LogP contribution in [0.5, 0.6) is 0 Å². The van der Waals surface area contributed by atoms with E-state index in [1.165, 1.54) is 6.42 Å². The molecule has 1 aliphatic carbocycles. The summed E-state index contributed by atoms with van der Waals surface area (Å²) in [4.78, 5) is 12.1. The number of amides is 1. The lowest BCUT2D eigenvalue weighted by atomic mass is 9.84. The van der Waals surface area contributed by atoms with Gasteiger partial charge in [0, 0.05) is 11.3 Å². The van der Waals surface area contributed by atoms with Gasteiger partial charge in [-0.05, 0) is 25.0 Å². The zero-order valence-electron chi connectivity index (χ0n) is 11.3. The number of oxime groups is 1. The predicted octanol–water partition coefficient (Wildman–Crippen LogP) is 1.41. The van der Waals surface area contributed by atoms with Gasteiger partial charge >= 0.3 is 0 Å². The second kappa shape index (κ2) is 6.31. The van der Waals surface area contributed by atoms with E-state index in [4.69, 9.17) is 10.9 Å². The molecule has 104 valence electrons. The first-order chi connectivity index (χ1) is 8.45. The van der Waals surface area contributed by atoms with E-state index in [2.05, 4.69) is 16.7 Å². The van der Waals surface area contributed by atoms with E-state index < -0.39 is 5.92 Å². The zero-order chi connectivity index (χ0) is 13.8. The molecule has 1 rings (SSSR count). The van der Waals surface area contributed by atoms with Crippen LogP contribution in [0.3, 0.4) is 0 Å². The third kappa shape index (κ3) is 3.31. The fraction of sp³-hybridized carbons (Fsp3) is 0.833. The van der Waals surface area contributed by atoms with Crippen LogP contribution < -0.4 is 11.1 Å². The van der Waals surface area contributed by atoms with Crippen molar-refractivity contribution in [2.75, 3.05) is 12.8 Å². The van der Waals surface area contributed by atoms with Gasteiger partial charge in [0.1, 0.15) is 5.92 Å². The van der Waals surface area contributed by atoms with Gasteiger partial charge in [0.15, 0.2) is 5.84 Å². The number of nitrogens with one attached hydrogen (secondary N) is 1. The molecule has 5 nitrogen and oxygen atoms in total. The van der Waals surface area contributed by atoms with Gasteiger partial charge in [-0.1, -0.05) is 25.4 Å². The van der Waals surface area contributed by atoms with Crippen molar-refractivity contribution in [3.63, 3.8) is 0 Å². The number of rotatable bonds is 6. The topological polar surface area (TPSA) is 87.7 Å². The van der Waals surface area contributed by atoms with E-state index in [-0.39, 0.29) is 22.4 Å². The quantitative estimate of drug-likeness (QED) is 0.295. The van der Waals surface area contributed by atoms with Crippen LogP contribution in [-0.2, 0) is 4.79 Å². The maximum Gasteiger partial charge on any atom is 0.231 e. The molecule has 1 aliphatic rings. The minimum atomic E-state index is -0.561. The number of carbonyl (C=O) groups excluding carboxylic acids is 1. The van der Waals surface area contributed by atoms with Gasteiger partial charge in [-0.25, -0.2) is 0 Å². The molecule has 1 amide bonds. The van der Waals surface area contributed by atoms with Gasteiger partial charge < -0.3 is 16.3 Å². The molecule has 0 heterocycles. The van der Waals surface area contributed by atoms with Gasteiger partial charge in [0.25, 0.3) is 0 Å². The van der Waals surface area contributed by atoms with Gasteiger partial charge in [0.2, 0.25) is 5.91 Å². The molecule has 4 N–H and O–H groups in total. The fourth-order valence-corrected chi connectivity index (χ4v) is 3.14. The lowest BCUT2D eigenvalue weighted by Gasteiger charge is -2.40. The summed E-state index contributed by atoms with van der Waals surface area (Å²) in [6.45, 7) is 4.43. The molecule has 1 atom stereocenters. The van der Waals surface area contributed by atoms with Crippen LogP contribution in [0.1, 0.15) is 33.1 Å². The number of amidine groups is 1. The number of hydrogen-bond acceptors (Lipinski definition) is 4. The van der Waals surface area contributed by atoms with Crippen molar-refractivity contribution >= 4 is 23.5 Å². The van der Waals surface area contributed by atoms with Crippen molar-refractivity contribution in [3.8, 4) is 0 Å². The minimum Gasteiger partial charge on any atom is -0.409 e. The monoisotopic (exact) mass is 273 g/mol. The van der Waals surface area contributed by atoms with E-state index in [9.17, 15) is 4.79 Å². The summed E-state index contributed by atoms with van der Waals surface area (Å²) < 4.78 is 0.197. The Balaban J connectivity index is 2.57. The van der Waals surface area contributed by atoms with Crippen LogP contribution in [0, 0.1) is 11.8 Å². The van der Waals surface area contributed by atoms with Crippen LogP contribution in [-0.4, -0.2) is 34.5 Å². The maximum atomic E-state index is 12.1. The molecular weight excluding hydrogens is 250 g/mol. The minimum absolute atomic E-state index is 0.00696. The highest BCUT2D eigenvalue weighted by Gasteiger charge is 2.37. The second-order valence-corrected chi connectivity index (χ2v) is 6.48. The Morgan fingerprint density at radius 1 is 1.56 bits per heavy atom. The molecular formula is C12H23N3O2S. The SMILES string of the molecule is CSC1(CNC(=O)C(C(N)=NO)C(C)C)CCC1. The fourth-order valence-electron chi connectivity index (χ4n) is 2.22. The largest absolute Gasteiger partial charge is 0.409 e. The number of nitrogens with two attached hydrogens (primary N) is 1. The van der Waals surface area contributed by atoms with E-state index in [0.717, 1.165) is 12.8 Å². The van der Waals surface area contributed by atoms with Crippen molar-refractivity contribution in [2.24, 2.45) is 22.7 Å². The Labute approximate surface area is 113 Å². The smallest absolute Gasteiger partial charge is 0.231 e. The number of nitrogens with zero attached hydrogens (tertiary/aromatic N) is 1. The second-order valence-electron chi connectivity index (χ2n) is 5.21. The van der Waals surface area contributed by atoms with Gasteiger partial charge in [-0.2, -0.15) is 11.8 Å². The Hall–Kier alpha value is -0.910. The van der Waals surface area contributed by atoms with Crippen LogP contribution >= 0.6 is 11.8 Å². The summed E-state index contributed by atoms with van der Waals surface area (Å²) in [5, 5.41) is 14.6. The lowest BCUT2D eigenvalue weighted by molar-refractivity contribution is -0.124. The molecule has 0 aliphatic heterocycles. The van der Waals surface area contributed by atoms with E-state index in [0.29, 0.717) is 6.54 Å². The summed E-state index contributed by atoms with van der Waals surface area (Å²) in [7, 11) is 0. The van der Waals surface area contributed by atoms with Crippen molar-refractivity contribution < 1.29 is 10.0 Å². The third-order valence-electron chi connectivity index (χ3n) is 3.67. The highest BCUT2D eigenvalue weighted by Crippen LogP contribution is 2.42. The van der Waals surface area contributed by atoms with Crippen LogP contribution in [0.4, 0.5) is 0 Å². The zero-order valence-corrected chi connectivity index (χ0v) is 12.1. The molecule has 0 spiro atoms. The maximum absolute atomic E-state index is 12.1. The first-order valence-corrected chi connectivity index (χ1v) is 7.48. The van der Waals surface area contributed by atoms with Gasteiger partial charge in [-0.15, -0.1) is 0 Å². The molecule has 0 aromatic carbocycles. The van der Waals surface area contributed by atoms with Gasteiger partial charge in [-0.3, -0.25) is 4.79 Å². The van der Waals surface area contributed by atoms with Crippen molar-refractivity contribution in [1.82, 2.24) is 5.32 Å². The van der Waals surface area contributed by atoms with Crippen molar-refractivity contribution in [2.45, 2.75) is 37.9 Å². The highest BCUT2D eigenvalue weighted by molar-refractivity contribution is 8.00. The molecule has 0 saturated heterocycles. The number of carbonyl (C=O) groups is 1. The molecule has 6 heteroatoms. The Morgan fingerprint density at radius 3 is 2.50 bits per heavy atom. The lowest BCUT2D eigenvalue weighted by Crippen LogP contribution is -2.49. The molecule has 1 saturated carbocycles. The van der Waals surface area contributed by atoms with Crippen LogP contribution in [0.15, 0.2) is 5.16 Å². The molecule has 0 bridgehead atoms. The predicted molar refractivity (Wildman–Crippen MR) is 74.8 cm³/mol. The molecule has 0 radical (unpaired) electrons. The normalized spacial score (nSPS) is 20.3. The summed E-state index contributed by atoms with van der Waals surface area (Å²) in [5.74, 6) is -0.726. The standard InChI is InChI=1S/C12H23N3O2S/c1-8(2)9(10(13)15-17)11(16)14-7-12(18-3)5-4-6-12/h8-9,17H,4-7H2,1-3H3,(H2,13,15)(H,14,16). The first-order valence-electron chi connectivity index (χ1n) is 6.26. The van der Waals surface area contributed by atoms with Crippen molar-refractivity contribution in [3.05, 3.63) is 0 Å². The molecule has 0 aromatic rings. The third-order valence-corrected chi connectivity index (χ3v) is 5.08. The first kappa shape index (κ1) is 15.1. The van der Waals surface area contributed by atoms with Crippen LogP contribution in [0.2, 0.25) is 0 Å². The molecule has 0 aromatic heterocycles. The van der Waals surface area contributed by atoms with E-state index in [1.54, 1.807) is 0 Å². The average Bonchev–Trinajstić information content (AvgIpc) is 2.27. The number of thioether (sulfide) groups is 1. The highest BCUT2D eigenvalue weighted by atomic mass is 32.2. The molecule has 1 fully saturated rings. The molecule has 18 heavy (non-hydrogen) atoms. The van der Waals surface area contributed by atoms with Crippen molar-refractivity contribution in [1.29, 1.82) is 0 Å². The summed E-state index contributed by atoms with van der Waals surface area (Å²) >= 11 is 1.81. The Kier molecular flexibility index (Phi) is 5.31. The molecule has 1 unspecified atom stereocenters. The average molecular weight is 273 g/mol.